The van der Waals surface area contributed by atoms with Crippen molar-refractivity contribution in [3.05, 3.63) is 17.7 Å². The molecule has 0 aromatic heterocycles. The molecule has 0 spiro atoms. The summed E-state index contributed by atoms with van der Waals surface area (Å²) in [6.07, 6.45) is 8.64. The zero-order valence-corrected chi connectivity index (χ0v) is 19.2. The highest BCUT2D eigenvalue weighted by Gasteiger charge is 2.44. The van der Waals surface area contributed by atoms with E-state index in [4.69, 9.17) is 14.2 Å². The third kappa shape index (κ3) is 4.22. The van der Waals surface area contributed by atoms with Gasteiger partial charge in [0.25, 0.3) is 5.91 Å². The van der Waals surface area contributed by atoms with Crippen LogP contribution in [0.3, 0.4) is 0 Å². The molecule has 4 rings (SSSR count). The molecule has 3 unspecified atom stereocenters. The lowest BCUT2D eigenvalue weighted by Gasteiger charge is -2.50. The first-order valence-electron chi connectivity index (χ1n) is 11.0. The van der Waals surface area contributed by atoms with Crippen molar-refractivity contribution in [2.45, 2.75) is 57.0 Å². The largest absolute Gasteiger partial charge is 0.493 e. The Bertz CT molecular complexity index is 711. The van der Waals surface area contributed by atoms with Gasteiger partial charge in [0.2, 0.25) is 5.75 Å². The molecule has 2 saturated heterocycles. The Labute approximate surface area is 186 Å². The number of nitrogens with zero attached hydrogens (tertiary/aromatic N) is 2. The fourth-order valence-corrected chi connectivity index (χ4v) is 5.77. The minimum Gasteiger partial charge on any atom is -0.493 e. The van der Waals surface area contributed by atoms with Crippen LogP contribution in [-0.2, 0) is 0 Å². The van der Waals surface area contributed by atoms with E-state index >= 15 is 0 Å². The van der Waals surface area contributed by atoms with Crippen molar-refractivity contribution in [2.24, 2.45) is 5.92 Å². The van der Waals surface area contributed by atoms with Gasteiger partial charge in [-0.25, -0.2) is 0 Å². The molecule has 30 heavy (non-hydrogen) atoms. The number of ether oxygens (including phenoxy) is 3. The van der Waals surface area contributed by atoms with E-state index in [0.29, 0.717) is 40.8 Å². The molecule has 3 atom stereocenters. The van der Waals surface area contributed by atoms with Gasteiger partial charge in [-0.15, -0.1) is 12.4 Å². The number of likely N-dealkylation sites (tertiary alicyclic amines) is 2. The summed E-state index contributed by atoms with van der Waals surface area (Å²) in [6.45, 7) is 3.20. The summed E-state index contributed by atoms with van der Waals surface area (Å²) < 4.78 is 16.4. The van der Waals surface area contributed by atoms with Crippen molar-refractivity contribution in [3.8, 4) is 17.2 Å². The molecule has 2 heterocycles. The van der Waals surface area contributed by atoms with Crippen molar-refractivity contribution in [1.29, 1.82) is 0 Å². The van der Waals surface area contributed by atoms with Crippen molar-refractivity contribution in [3.63, 3.8) is 0 Å². The highest BCUT2D eigenvalue weighted by Crippen LogP contribution is 2.41. The number of carbonyl (C=O) groups excluding carboxylic acids is 1. The zero-order valence-electron chi connectivity index (χ0n) is 18.4. The smallest absolute Gasteiger partial charge is 0.254 e. The predicted molar refractivity (Wildman–Crippen MR) is 119 cm³/mol. The highest BCUT2D eigenvalue weighted by molar-refractivity contribution is 5.96. The molecule has 1 amide bonds. The molecule has 0 bridgehead atoms. The number of rotatable bonds is 5. The van der Waals surface area contributed by atoms with Crippen LogP contribution in [0.25, 0.3) is 0 Å². The standard InChI is InChI=1S/C23H34N2O4.ClH/c1-27-19-14-17(15-20(28-2)22(19)29-3)23(26)25-13-7-9-16-8-6-10-18(21(16)25)24-11-4-5-12-24;/h14-16,18,21H,4-13H2,1-3H3;1H. The number of hydrogen-bond donors (Lipinski definition) is 0. The van der Waals surface area contributed by atoms with Crippen LogP contribution in [0, 0.1) is 5.92 Å². The maximum absolute atomic E-state index is 13.7. The third-order valence-electron chi connectivity index (χ3n) is 7.07. The Morgan fingerprint density at radius 3 is 2.10 bits per heavy atom. The van der Waals surface area contributed by atoms with E-state index in [1.165, 1.54) is 51.6 Å². The Morgan fingerprint density at radius 1 is 0.867 bits per heavy atom. The first kappa shape index (κ1) is 23.0. The summed E-state index contributed by atoms with van der Waals surface area (Å²) >= 11 is 0. The van der Waals surface area contributed by atoms with E-state index in [-0.39, 0.29) is 18.3 Å². The molecule has 1 saturated carbocycles. The molecule has 3 fully saturated rings. The van der Waals surface area contributed by atoms with E-state index < -0.39 is 0 Å². The van der Waals surface area contributed by atoms with E-state index in [9.17, 15) is 4.79 Å². The highest BCUT2D eigenvalue weighted by atomic mass is 35.5. The summed E-state index contributed by atoms with van der Waals surface area (Å²) in [5.74, 6) is 2.29. The molecule has 0 N–H and O–H groups in total. The van der Waals surface area contributed by atoms with Crippen molar-refractivity contribution in [1.82, 2.24) is 9.80 Å². The number of methoxy groups -OCH3 is 3. The van der Waals surface area contributed by atoms with Gasteiger partial charge >= 0.3 is 0 Å². The molecule has 6 nitrogen and oxygen atoms in total. The summed E-state index contributed by atoms with van der Waals surface area (Å²) in [7, 11) is 4.76. The van der Waals surface area contributed by atoms with Gasteiger partial charge in [0.15, 0.2) is 11.5 Å². The van der Waals surface area contributed by atoms with E-state index in [1.54, 1.807) is 33.5 Å². The maximum Gasteiger partial charge on any atom is 0.254 e. The first-order valence-corrected chi connectivity index (χ1v) is 11.0. The van der Waals surface area contributed by atoms with Crippen LogP contribution in [0.15, 0.2) is 12.1 Å². The molecule has 0 radical (unpaired) electrons. The number of amides is 1. The molecule has 1 aromatic rings. The first-order chi connectivity index (χ1) is 14.2. The van der Waals surface area contributed by atoms with Gasteiger partial charge in [-0.05, 0) is 69.7 Å². The fraction of sp³-hybridized carbons (Fsp3) is 0.696. The van der Waals surface area contributed by atoms with Gasteiger partial charge in [-0.3, -0.25) is 9.69 Å². The average Bonchev–Trinajstić information content (AvgIpc) is 3.31. The van der Waals surface area contributed by atoms with Crippen molar-refractivity contribution < 1.29 is 19.0 Å². The van der Waals surface area contributed by atoms with Crippen molar-refractivity contribution >= 4 is 18.3 Å². The van der Waals surface area contributed by atoms with E-state index in [2.05, 4.69) is 9.80 Å². The van der Waals surface area contributed by atoms with Crippen LogP contribution in [0.1, 0.15) is 55.3 Å². The van der Waals surface area contributed by atoms with E-state index in [1.807, 2.05) is 0 Å². The van der Waals surface area contributed by atoms with Gasteiger partial charge in [-0.2, -0.15) is 0 Å². The number of benzene rings is 1. The lowest BCUT2D eigenvalue weighted by atomic mass is 9.74. The minimum atomic E-state index is 0. The number of hydrogen-bond acceptors (Lipinski definition) is 5. The third-order valence-corrected chi connectivity index (χ3v) is 7.07. The molecule has 1 aromatic carbocycles. The van der Waals surface area contributed by atoms with Gasteiger partial charge in [0.1, 0.15) is 0 Å². The Balaban J connectivity index is 0.00000256. The summed E-state index contributed by atoms with van der Waals surface area (Å²) in [6, 6.07) is 4.41. The minimum absolute atomic E-state index is 0. The van der Waals surface area contributed by atoms with E-state index in [0.717, 1.165) is 13.0 Å². The van der Waals surface area contributed by atoms with Gasteiger partial charge in [0.05, 0.1) is 27.4 Å². The molecule has 168 valence electrons. The Hall–Kier alpha value is -1.66. The zero-order chi connectivity index (χ0) is 20.4. The molecule has 2 aliphatic heterocycles. The van der Waals surface area contributed by atoms with Gasteiger partial charge in [-0.1, -0.05) is 6.42 Å². The lowest BCUT2D eigenvalue weighted by Crippen LogP contribution is -2.60. The Morgan fingerprint density at radius 2 is 1.50 bits per heavy atom. The molecular weight excluding hydrogens is 404 g/mol. The maximum atomic E-state index is 13.7. The lowest BCUT2D eigenvalue weighted by molar-refractivity contribution is 0.000202. The summed E-state index contributed by atoms with van der Waals surface area (Å²) in [4.78, 5) is 18.5. The van der Waals surface area contributed by atoms with Crippen LogP contribution in [-0.4, -0.2) is 68.8 Å². The predicted octanol–water partition coefficient (Wildman–Crippen LogP) is 4.00. The van der Waals surface area contributed by atoms with Gasteiger partial charge < -0.3 is 19.1 Å². The van der Waals surface area contributed by atoms with Gasteiger partial charge in [0, 0.05) is 18.2 Å². The average molecular weight is 439 g/mol. The number of piperidine rings is 1. The van der Waals surface area contributed by atoms with Crippen LogP contribution < -0.4 is 14.2 Å². The summed E-state index contributed by atoms with van der Waals surface area (Å²) in [5, 5.41) is 0. The monoisotopic (exact) mass is 438 g/mol. The SMILES string of the molecule is COc1cc(C(=O)N2CCCC3CCCC(N4CCCC4)C32)cc(OC)c1OC.Cl. The van der Waals surface area contributed by atoms with Crippen molar-refractivity contribution in [2.75, 3.05) is 41.0 Å². The number of fused-ring (bicyclic) bond motifs is 1. The summed E-state index contributed by atoms with van der Waals surface area (Å²) in [5.41, 5.74) is 0.617. The van der Waals surface area contributed by atoms with Crippen LogP contribution in [0.4, 0.5) is 0 Å². The molecule has 1 aliphatic carbocycles. The number of carbonyl (C=O) groups is 1. The quantitative estimate of drug-likeness (QED) is 0.695. The second kappa shape index (κ2) is 10.1. The molecular formula is C23H35ClN2O4. The molecule has 3 aliphatic rings. The van der Waals surface area contributed by atoms with Crippen LogP contribution in [0.2, 0.25) is 0 Å². The second-order valence-electron chi connectivity index (χ2n) is 8.55. The second-order valence-corrected chi connectivity index (χ2v) is 8.55. The fourth-order valence-electron chi connectivity index (χ4n) is 5.77. The normalized spacial score (nSPS) is 26.5. The van der Waals surface area contributed by atoms with Crippen LogP contribution in [0.5, 0.6) is 17.2 Å². The topological polar surface area (TPSA) is 51.2 Å². The van der Waals surface area contributed by atoms with Crippen LogP contribution >= 0.6 is 12.4 Å². The number of halogens is 1. The Kier molecular flexibility index (Phi) is 7.75. The molecule has 7 heteroatoms.